The number of nitrogens with zero attached hydrogens (tertiary/aromatic N) is 3. The van der Waals surface area contributed by atoms with Gasteiger partial charge in [0.2, 0.25) is 0 Å². The molecule has 0 unspecified atom stereocenters. The molecule has 2 heterocycles. The predicted octanol–water partition coefficient (Wildman–Crippen LogP) is 1.45. The first-order valence-electron chi connectivity index (χ1n) is 9.54. The number of morpholine rings is 1. The predicted molar refractivity (Wildman–Crippen MR) is 101 cm³/mol. The first kappa shape index (κ1) is 18.8. The number of hydrogen-bond donors (Lipinski definition) is 1. The van der Waals surface area contributed by atoms with Crippen LogP contribution in [0.3, 0.4) is 0 Å². The second-order valence-electron chi connectivity index (χ2n) is 7.81. The van der Waals surface area contributed by atoms with E-state index in [1.165, 1.54) is 5.56 Å². The average Bonchev–Trinajstić information content (AvgIpc) is 2.56. The second kappa shape index (κ2) is 8.60. The quantitative estimate of drug-likeness (QED) is 0.873. The first-order valence-corrected chi connectivity index (χ1v) is 9.54. The van der Waals surface area contributed by atoms with Crippen molar-refractivity contribution in [2.45, 2.75) is 38.2 Å². The molecule has 1 aromatic rings. The Morgan fingerprint density at radius 3 is 2.40 bits per heavy atom. The van der Waals surface area contributed by atoms with Gasteiger partial charge in [0.25, 0.3) is 0 Å². The van der Waals surface area contributed by atoms with Crippen LogP contribution in [0.2, 0.25) is 0 Å². The Kier molecular flexibility index (Phi) is 6.47. The highest BCUT2D eigenvalue weighted by molar-refractivity contribution is 5.20. The summed E-state index contributed by atoms with van der Waals surface area (Å²) in [5, 5.41) is 10.7. The number of ether oxygens (including phenoxy) is 1. The van der Waals surface area contributed by atoms with Crippen molar-refractivity contribution in [1.29, 1.82) is 0 Å². The summed E-state index contributed by atoms with van der Waals surface area (Å²) in [4.78, 5) is 7.18. The lowest BCUT2D eigenvalue weighted by molar-refractivity contribution is -0.0795. The van der Waals surface area contributed by atoms with E-state index in [-0.39, 0.29) is 18.3 Å². The van der Waals surface area contributed by atoms with Gasteiger partial charge in [0.1, 0.15) is 0 Å². The molecule has 3 rings (SSSR count). The molecule has 0 radical (unpaired) electrons. The van der Waals surface area contributed by atoms with Crippen LogP contribution < -0.4 is 0 Å². The van der Waals surface area contributed by atoms with Gasteiger partial charge in [0.15, 0.2) is 0 Å². The minimum absolute atomic E-state index is 0.247. The van der Waals surface area contributed by atoms with Gasteiger partial charge in [0, 0.05) is 51.9 Å². The smallest absolute Gasteiger partial charge is 0.0794 e. The van der Waals surface area contributed by atoms with Crippen molar-refractivity contribution in [1.82, 2.24) is 14.7 Å². The maximum atomic E-state index is 10.7. The van der Waals surface area contributed by atoms with Crippen molar-refractivity contribution >= 4 is 0 Å². The minimum atomic E-state index is -0.327. The molecule has 4 atom stereocenters. The highest BCUT2D eigenvalue weighted by Gasteiger charge is 2.29. The summed E-state index contributed by atoms with van der Waals surface area (Å²) in [6.07, 6.45) is 0.167. The number of likely N-dealkylation sites (N-methyl/N-ethyl adjacent to an activating group) is 1. The van der Waals surface area contributed by atoms with Crippen LogP contribution >= 0.6 is 0 Å². The Labute approximate surface area is 152 Å². The molecule has 0 bridgehead atoms. The standard InChI is InChI=1S/C20H33N3O2/c1-16-11-22(12-17(2)25-16)13-19(24)14-23-10-9-21(3)15-20(23)18-7-5-4-6-8-18/h4-8,16-17,19-20,24H,9-15H2,1-3H3/t16-,17+,19-,20+/m0/s1. The van der Waals surface area contributed by atoms with Crippen LogP contribution in [0.5, 0.6) is 0 Å². The van der Waals surface area contributed by atoms with Crippen LogP contribution in [0.1, 0.15) is 25.5 Å². The highest BCUT2D eigenvalue weighted by atomic mass is 16.5. The van der Waals surface area contributed by atoms with E-state index in [2.05, 4.69) is 65.9 Å². The topological polar surface area (TPSA) is 39.2 Å². The average molecular weight is 348 g/mol. The zero-order chi connectivity index (χ0) is 17.8. The molecule has 5 nitrogen and oxygen atoms in total. The van der Waals surface area contributed by atoms with Crippen molar-refractivity contribution < 1.29 is 9.84 Å². The summed E-state index contributed by atoms with van der Waals surface area (Å²) in [5.74, 6) is 0. The Balaban J connectivity index is 1.59. The van der Waals surface area contributed by atoms with E-state index in [1.807, 2.05) is 0 Å². The second-order valence-corrected chi connectivity index (χ2v) is 7.81. The van der Waals surface area contributed by atoms with Crippen molar-refractivity contribution in [2.24, 2.45) is 0 Å². The SMILES string of the molecule is C[C@@H]1CN(C[C@H](O)CN2CCN(C)C[C@@H]2c2ccccc2)C[C@H](C)O1. The molecule has 5 heteroatoms. The number of benzene rings is 1. The monoisotopic (exact) mass is 347 g/mol. The Hall–Kier alpha value is -0.980. The summed E-state index contributed by atoms with van der Waals surface area (Å²) < 4.78 is 5.80. The largest absolute Gasteiger partial charge is 0.390 e. The zero-order valence-corrected chi connectivity index (χ0v) is 15.8. The van der Waals surface area contributed by atoms with Gasteiger partial charge >= 0.3 is 0 Å². The summed E-state index contributed by atoms with van der Waals surface area (Å²) in [6.45, 7) is 10.6. The normalized spacial score (nSPS) is 31.1. The molecule has 140 valence electrons. The Bertz CT molecular complexity index is 517. The van der Waals surface area contributed by atoms with Gasteiger partial charge in [-0.3, -0.25) is 9.80 Å². The Morgan fingerprint density at radius 1 is 1.04 bits per heavy atom. The molecule has 0 aliphatic carbocycles. The third kappa shape index (κ3) is 5.25. The summed E-state index contributed by atoms with van der Waals surface area (Å²) >= 11 is 0. The third-order valence-corrected chi connectivity index (χ3v) is 5.29. The molecule has 0 aromatic heterocycles. The number of piperazine rings is 1. The maximum absolute atomic E-state index is 10.7. The molecule has 2 saturated heterocycles. The molecule has 2 aliphatic heterocycles. The van der Waals surface area contributed by atoms with Crippen LogP contribution in [-0.4, -0.2) is 91.0 Å². The highest BCUT2D eigenvalue weighted by Crippen LogP contribution is 2.25. The lowest BCUT2D eigenvalue weighted by Crippen LogP contribution is -2.52. The van der Waals surface area contributed by atoms with Gasteiger partial charge in [-0.25, -0.2) is 0 Å². The van der Waals surface area contributed by atoms with E-state index in [0.29, 0.717) is 6.04 Å². The zero-order valence-electron chi connectivity index (χ0n) is 15.8. The molecule has 0 amide bonds. The minimum Gasteiger partial charge on any atom is -0.390 e. The molecule has 2 fully saturated rings. The fourth-order valence-electron chi connectivity index (χ4n) is 4.23. The first-order chi connectivity index (χ1) is 12.0. The van der Waals surface area contributed by atoms with Gasteiger partial charge in [-0.15, -0.1) is 0 Å². The molecular formula is C20H33N3O2. The molecular weight excluding hydrogens is 314 g/mol. The molecule has 1 N–H and O–H groups in total. The number of aliphatic hydroxyl groups excluding tert-OH is 1. The van der Waals surface area contributed by atoms with E-state index in [1.54, 1.807) is 0 Å². The molecule has 2 aliphatic rings. The van der Waals surface area contributed by atoms with Gasteiger partial charge < -0.3 is 14.7 Å². The van der Waals surface area contributed by atoms with Crippen LogP contribution in [-0.2, 0) is 4.74 Å². The number of aliphatic hydroxyl groups is 1. The molecule has 0 saturated carbocycles. The van der Waals surface area contributed by atoms with Gasteiger partial charge in [0.05, 0.1) is 18.3 Å². The van der Waals surface area contributed by atoms with E-state index in [0.717, 1.165) is 45.8 Å². The summed E-state index contributed by atoms with van der Waals surface area (Å²) in [5.41, 5.74) is 1.34. The van der Waals surface area contributed by atoms with Crippen molar-refractivity contribution in [2.75, 3.05) is 52.9 Å². The summed E-state index contributed by atoms with van der Waals surface area (Å²) in [7, 11) is 2.18. The van der Waals surface area contributed by atoms with E-state index in [4.69, 9.17) is 4.74 Å². The fraction of sp³-hybridized carbons (Fsp3) is 0.700. The number of β-amino-alcohol motifs (C(OH)–C–C–N with tert-alkyl or cyclic N) is 1. The van der Waals surface area contributed by atoms with Crippen LogP contribution in [0, 0.1) is 0 Å². The third-order valence-electron chi connectivity index (χ3n) is 5.29. The Morgan fingerprint density at radius 2 is 1.72 bits per heavy atom. The van der Waals surface area contributed by atoms with Gasteiger partial charge in [-0.05, 0) is 26.5 Å². The van der Waals surface area contributed by atoms with E-state index in [9.17, 15) is 5.11 Å². The van der Waals surface area contributed by atoms with E-state index >= 15 is 0 Å². The maximum Gasteiger partial charge on any atom is 0.0794 e. The van der Waals surface area contributed by atoms with Gasteiger partial charge in [-0.2, -0.15) is 0 Å². The lowest BCUT2D eigenvalue weighted by Gasteiger charge is -2.42. The number of rotatable bonds is 5. The van der Waals surface area contributed by atoms with Crippen LogP contribution in [0.15, 0.2) is 30.3 Å². The summed E-state index contributed by atoms with van der Waals surface area (Å²) in [6, 6.07) is 11.0. The fourth-order valence-corrected chi connectivity index (χ4v) is 4.23. The van der Waals surface area contributed by atoms with Crippen LogP contribution in [0.25, 0.3) is 0 Å². The van der Waals surface area contributed by atoms with Crippen molar-refractivity contribution in [3.05, 3.63) is 35.9 Å². The molecule has 25 heavy (non-hydrogen) atoms. The van der Waals surface area contributed by atoms with E-state index < -0.39 is 0 Å². The number of hydrogen-bond acceptors (Lipinski definition) is 5. The molecule has 0 spiro atoms. The van der Waals surface area contributed by atoms with Crippen molar-refractivity contribution in [3.63, 3.8) is 0 Å². The van der Waals surface area contributed by atoms with Crippen LogP contribution in [0.4, 0.5) is 0 Å². The lowest BCUT2D eigenvalue weighted by atomic mass is 10.0. The van der Waals surface area contributed by atoms with Gasteiger partial charge in [-0.1, -0.05) is 30.3 Å². The molecule has 1 aromatic carbocycles. The van der Waals surface area contributed by atoms with Crippen molar-refractivity contribution in [3.8, 4) is 0 Å².